The van der Waals surface area contributed by atoms with E-state index in [4.69, 9.17) is 14.0 Å². The minimum absolute atomic E-state index is 0.00978. The molecule has 170 valence electrons. The first kappa shape index (κ1) is 22.4. The summed E-state index contributed by atoms with van der Waals surface area (Å²) in [7, 11) is -3.06. The molecule has 7 nitrogen and oxygen atoms in total. The van der Waals surface area contributed by atoms with Gasteiger partial charge in [-0.1, -0.05) is 29.4 Å². The van der Waals surface area contributed by atoms with Crippen molar-refractivity contribution in [2.45, 2.75) is 76.4 Å². The van der Waals surface area contributed by atoms with E-state index in [1.807, 2.05) is 19.1 Å². The van der Waals surface area contributed by atoms with Gasteiger partial charge in [0, 0.05) is 11.8 Å². The van der Waals surface area contributed by atoms with Crippen molar-refractivity contribution in [3.05, 3.63) is 35.7 Å². The average molecular weight is 449 g/mol. The first-order valence-electron chi connectivity index (χ1n) is 10.9. The first-order chi connectivity index (χ1) is 14.5. The van der Waals surface area contributed by atoms with Crippen LogP contribution in [-0.4, -0.2) is 43.1 Å². The van der Waals surface area contributed by atoms with Gasteiger partial charge < -0.3 is 14.0 Å². The second-order valence-electron chi connectivity index (χ2n) is 9.93. The first-order valence-corrected chi connectivity index (χ1v) is 13.0. The molecule has 2 heterocycles. The number of benzene rings is 1. The van der Waals surface area contributed by atoms with E-state index in [0.29, 0.717) is 17.1 Å². The smallest absolute Gasteiger partial charge is 0.255 e. The Morgan fingerprint density at radius 3 is 2.45 bits per heavy atom. The highest BCUT2D eigenvalue weighted by molar-refractivity contribution is 7.89. The number of rotatable bonds is 6. The Labute approximate surface area is 184 Å². The number of sulfone groups is 1. The predicted octanol–water partition coefficient (Wildman–Crippen LogP) is 4.49. The molecule has 0 N–H and O–H groups in total. The van der Waals surface area contributed by atoms with E-state index in [1.165, 1.54) is 6.26 Å². The van der Waals surface area contributed by atoms with E-state index in [-0.39, 0.29) is 23.6 Å². The van der Waals surface area contributed by atoms with Crippen molar-refractivity contribution in [3.8, 4) is 11.4 Å². The Bertz CT molecular complexity index is 1000. The van der Waals surface area contributed by atoms with Gasteiger partial charge >= 0.3 is 0 Å². The SMILES string of the molecule is CC(OC1CCC2(CC1)COC(C)(C)C2)c1nc(-c2ccc(CS(C)(=O)=O)cc2)no1. The number of hydrogen-bond donors (Lipinski definition) is 0. The summed E-state index contributed by atoms with van der Waals surface area (Å²) in [6.07, 6.45) is 6.56. The fraction of sp³-hybridized carbons (Fsp3) is 0.652. The molecule has 1 saturated carbocycles. The maximum atomic E-state index is 11.4. The summed E-state index contributed by atoms with van der Waals surface area (Å²) in [5.41, 5.74) is 1.82. The molecule has 1 aromatic heterocycles. The van der Waals surface area contributed by atoms with Gasteiger partial charge in [0.15, 0.2) is 9.84 Å². The van der Waals surface area contributed by atoms with Crippen molar-refractivity contribution < 1.29 is 22.4 Å². The van der Waals surface area contributed by atoms with Crippen LogP contribution < -0.4 is 0 Å². The van der Waals surface area contributed by atoms with Crippen LogP contribution in [0.2, 0.25) is 0 Å². The van der Waals surface area contributed by atoms with Crippen LogP contribution in [0.4, 0.5) is 0 Å². The van der Waals surface area contributed by atoms with Gasteiger partial charge in [0.2, 0.25) is 5.82 Å². The van der Waals surface area contributed by atoms with Crippen LogP contribution in [0, 0.1) is 5.41 Å². The molecule has 2 aliphatic rings. The molecule has 0 bridgehead atoms. The maximum Gasteiger partial charge on any atom is 0.255 e. The Kier molecular flexibility index (Phi) is 6.00. The van der Waals surface area contributed by atoms with Gasteiger partial charge in [0.05, 0.1) is 24.1 Å². The summed E-state index contributed by atoms with van der Waals surface area (Å²) in [4.78, 5) is 4.50. The number of ether oxygens (including phenoxy) is 2. The van der Waals surface area contributed by atoms with E-state index in [2.05, 4.69) is 24.0 Å². The van der Waals surface area contributed by atoms with Gasteiger partial charge in [-0.3, -0.25) is 0 Å². The Morgan fingerprint density at radius 2 is 1.87 bits per heavy atom. The molecule has 1 spiro atoms. The molecular weight excluding hydrogens is 416 g/mol. The van der Waals surface area contributed by atoms with Gasteiger partial charge in [-0.25, -0.2) is 8.42 Å². The van der Waals surface area contributed by atoms with Crippen molar-refractivity contribution in [2.75, 3.05) is 12.9 Å². The van der Waals surface area contributed by atoms with Crippen LogP contribution in [0.25, 0.3) is 11.4 Å². The summed E-state index contributed by atoms with van der Waals surface area (Å²) >= 11 is 0. The molecule has 1 saturated heterocycles. The molecule has 1 aliphatic carbocycles. The highest BCUT2D eigenvalue weighted by Gasteiger charge is 2.46. The van der Waals surface area contributed by atoms with Gasteiger partial charge in [0.1, 0.15) is 6.10 Å². The van der Waals surface area contributed by atoms with E-state index in [1.54, 1.807) is 12.1 Å². The van der Waals surface area contributed by atoms with Crippen LogP contribution in [0.1, 0.15) is 70.4 Å². The van der Waals surface area contributed by atoms with Crippen LogP contribution in [-0.2, 0) is 25.1 Å². The van der Waals surface area contributed by atoms with E-state index in [9.17, 15) is 8.42 Å². The zero-order chi connectivity index (χ0) is 22.3. The Morgan fingerprint density at radius 1 is 1.19 bits per heavy atom. The molecule has 1 aliphatic heterocycles. The van der Waals surface area contributed by atoms with Crippen LogP contribution in [0.5, 0.6) is 0 Å². The molecule has 1 unspecified atom stereocenters. The zero-order valence-corrected chi connectivity index (χ0v) is 19.6. The molecule has 8 heteroatoms. The van der Waals surface area contributed by atoms with Crippen molar-refractivity contribution >= 4 is 9.84 Å². The van der Waals surface area contributed by atoms with Crippen LogP contribution in [0.3, 0.4) is 0 Å². The van der Waals surface area contributed by atoms with Crippen LogP contribution in [0.15, 0.2) is 28.8 Å². The summed E-state index contributed by atoms with van der Waals surface area (Å²) < 4.78 is 40.6. The van der Waals surface area contributed by atoms with E-state index in [0.717, 1.165) is 49.8 Å². The van der Waals surface area contributed by atoms with Gasteiger partial charge in [0.25, 0.3) is 5.89 Å². The van der Waals surface area contributed by atoms with Gasteiger partial charge in [-0.15, -0.1) is 0 Å². The second kappa shape index (κ2) is 8.30. The van der Waals surface area contributed by atoms with E-state index < -0.39 is 9.84 Å². The molecule has 2 fully saturated rings. The lowest BCUT2D eigenvalue weighted by atomic mass is 9.70. The third-order valence-electron chi connectivity index (χ3n) is 6.39. The highest BCUT2D eigenvalue weighted by atomic mass is 32.2. The number of nitrogens with zero attached hydrogens (tertiary/aromatic N) is 2. The number of hydrogen-bond acceptors (Lipinski definition) is 7. The summed E-state index contributed by atoms with van der Waals surface area (Å²) in [6.45, 7) is 7.16. The second-order valence-corrected chi connectivity index (χ2v) is 12.1. The minimum Gasteiger partial charge on any atom is -0.375 e. The standard InChI is InChI=1S/C23H32N2O5S/c1-16(29-19-9-11-23(12-10-19)14-22(2,3)28-15-23)21-24-20(25-30-21)18-7-5-17(6-8-18)13-31(4,26)27/h5-8,16,19H,9-15H2,1-4H3. The maximum absolute atomic E-state index is 11.4. The lowest BCUT2D eigenvalue weighted by Crippen LogP contribution is -2.32. The summed E-state index contributed by atoms with van der Waals surface area (Å²) in [5.74, 6) is 0.951. The quantitative estimate of drug-likeness (QED) is 0.643. The minimum atomic E-state index is -3.06. The average Bonchev–Trinajstić information content (AvgIpc) is 3.28. The van der Waals surface area contributed by atoms with Crippen molar-refractivity contribution in [1.29, 1.82) is 0 Å². The largest absolute Gasteiger partial charge is 0.375 e. The highest BCUT2D eigenvalue weighted by Crippen LogP contribution is 2.49. The van der Waals surface area contributed by atoms with Crippen molar-refractivity contribution in [2.24, 2.45) is 5.41 Å². The molecule has 2 aromatic rings. The Balaban J connectivity index is 1.33. The third kappa shape index (κ3) is 5.54. The molecule has 1 atom stereocenters. The third-order valence-corrected chi connectivity index (χ3v) is 7.25. The lowest BCUT2D eigenvalue weighted by Gasteiger charge is -2.37. The van der Waals surface area contributed by atoms with Crippen LogP contribution >= 0.6 is 0 Å². The normalized spacial score (nSPS) is 26.9. The van der Waals surface area contributed by atoms with Gasteiger partial charge in [-0.2, -0.15) is 4.98 Å². The lowest BCUT2D eigenvalue weighted by molar-refractivity contribution is -0.0560. The van der Waals surface area contributed by atoms with Crippen molar-refractivity contribution in [1.82, 2.24) is 10.1 Å². The van der Waals surface area contributed by atoms with Gasteiger partial charge in [-0.05, 0) is 63.9 Å². The molecule has 0 radical (unpaired) electrons. The molecule has 0 amide bonds. The number of aromatic nitrogens is 2. The zero-order valence-electron chi connectivity index (χ0n) is 18.8. The Hall–Kier alpha value is -1.77. The topological polar surface area (TPSA) is 91.5 Å². The molecular formula is C23H32N2O5S. The fourth-order valence-electron chi connectivity index (χ4n) is 4.93. The fourth-order valence-corrected chi connectivity index (χ4v) is 5.73. The molecule has 1 aromatic carbocycles. The summed E-state index contributed by atoms with van der Waals surface area (Å²) in [5, 5.41) is 4.08. The van der Waals surface area contributed by atoms with E-state index >= 15 is 0 Å². The molecule has 31 heavy (non-hydrogen) atoms. The monoisotopic (exact) mass is 448 g/mol. The summed E-state index contributed by atoms with van der Waals surface area (Å²) in [6, 6.07) is 7.18. The van der Waals surface area contributed by atoms with Crippen molar-refractivity contribution in [3.63, 3.8) is 0 Å². The molecule has 4 rings (SSSR count). The predicted molar refractivity (Wildman–Crippen MR) is 117 cm³/mol.